The number of anilines is 1. The van der Waals surface area contributed by atoms with Crippen LogP contribution in [0.5, 0.6) is 6.01 Å². The van der Waals surface area contributed by atoms with Gasteiger partial charge in [0.05, 0.1) is 7.11 Å². The third-order valence-corrected chi connectivity index (χ3v) is 3.12. The maximum Gasteiger partial charge on any atom is 0.336 e. The Morgan fingerprint density at radius 3 is 2.65 bits per heavy atom. The molecule has 1 aromatic rings. The van der Waals surface area contributed by atoms with E-state index in [0.717, 1.165) is 25.7 Å². The summed E-state index contributed by atoms with van der Waals surface area (Å²) in [6.07, 6.45) is 6.68. The number of aromatic amines is 1. The Bertz CT molecular complexity index is 369. The van der Waals surface area contributed by atoms with Gasteiger partial charge in [0.15, 0.2) is 0 Å². The lowest BCUT2D eigenvalue weighted by Gasteiger charge is -2.11. The van der Waals surface area contributed by atoms with Gasteiger partial charge in [-0.1, -0.05) is 25.7 Å². The molecule has 0 unspecified atom stereocenters. The number of carbonyl (C=O) groups excluding carboxylic acids is 1. The van der Waals surface area contributed by atoms with Crippen LogP contribution >= 0.6 is 0 Å². The van der Waals surface area contributed by atoms with Crippen LogP contribution in [0.3, 0.4) is 0 Å². The average Bonchev–Trinajstić information content (AvgIpc) is 2.62. The molecule has 1 aliphatic rings. The summed E-state index contributed by atoms with van der Waals surface area (Å²) < 4.78 is 4.84. The Hall–Kier alpha value is -1.59. The number of H-pyrrole nitrogens is 1. The molecule has 1 aliphatic carbocycles. The molecule has 94 valence electrons. The lowest BCUT2D eigenvalue weighted by molar-refractivity contribution is -0.120. The molecule has 0 saturated heterocycles. The van der Waals surface area contributed by atoms with Crippen LogP contribution in [-0.2, 0) is 4.79 Å². The van der Waals surface area contributed by atoms with Gasteiger partial charge >= 0.3 is 6.01 Å². The first-order chi connectivity index (χ1) is 8.29. The summed E-state index contributed by atoms with van der Waals surface area (Å²) in [5.41, 5.74) is 0. The summed E-state index contributed by atoms with van der Waals surface area (Å²) >= 11 is 0. The van der Waals surface area contributed by atoms with Gasteiger partial charge in [-0.15, -0.1) is 5.10 Å². The van der Waals surface area contributed by atoms with Crippen molar-refractivity contribution in [2.75, 3.05) is 12.4 Å². The van der Waals surface area contributed by atoms with E-state index in [1.165, 1.54) is 20.0 Å². The van der Waals surface area contributed by atoms with Gasteiger partial charge in [0.1, 0.15) is 0 Å². The molecule has 1 heterocycles. The smallest absolute Gasteiger partial charge is 0.336 e. The summed E-state index contributed by atoms with van der Waals surface area (Å²) in [6.45, 7) is 0. The molecule has 2 rings (SSSR count). The quantitative estimate of drug-likeness (QED) is 0.786. The predicted molar refractivity (Wildman–Crippen MR) is 62.8 cm³/mol. The van der Waals surface area contributed by atoms with Crippen LogP contribution in [0.25, 0.3) is 0 Å². The summed E-state index contributed by atoms with van der Waals surface area (Å²) in [7, 11) is 1.49. The number of aromatic nitrogens is 3. The van der Waals surface area contributed by atoms with Crippen LogP contribution in [0, 0.1) is 5.92 Å². The minimum Gasteiger partial charge on any atom is -0.466 e. The third-order valence-electron chi connectivity index (χ3n) is 3.12. The van der Waals surface area contributed by atoms with Crippen molar-refractivity contribution in [3.63, 3.8) is 0 Å². The molecule has 1 fully saturated rings. The first-order valence-electron chi connectivity index (χ1n) is 6.07. The van der Waals surface area contributed by atoms with Gasteiger partial charge in [0.2, 0.25) is 11.9 Å². The summed E-state index contributed by atoms with van der Waals surface area (Å²) in [5, 5.41) is 9.15. The molecule has 0 aliphatic heterocycles. The molecule has 6 nitrogen and oxygen atoms in total. The number of amides is 1. The molecule has 1 saturated carbocycles. The van der Waals surface area contributed by atoms with E-state index < -0.39 is 0 Å². The molecule has 17 heavy (non-hydrogen) atoms. The second-order valence-electron chi connectivity index (χ2n) is 4.35. The SMILES string of the molecule is COc1n[nH]c(NC(=O)C2CCCCCC2)n1. The highest BCUT2D eigenvalue weighted by atomic mass is 16.5. The predicted octanol–water partition coefficient (Wildman–Crippen LogP) is 1.72. The van der Waals surface area contributed by atoms with E-state index in [2.05, 4.69) is 20.5 Å². The highest BCUT2D eigenvalue weighted by Gasteiger charge is 2.21. The second-order valence-corrected chi connectivity index (χ2v) is 4.35. The molecule has 2 N–H and O–H groups in total. The van der Waals surface area contributed by atoms with Crippen molar-refractivity contribution in [1.82, 2.24) is 15.2 Å². The number of nitrogens with one attached hydrogen (secondary N) is 2. The summed E-state index contributed by atoms with van der Waals surface area (Å²) in [6, 6.07) is 0.237. The zero-order valence-corrected chi connectivity index (χ0v) is 10.0. The molecule has 0 atom stereocenters. The van der Waals surface area contributed by atoms with Crippen molar-refractivity contribution in [3.05, 3.63) is 0 Å². The summed E-state index contributed by atoms with van der Waals surface area (Å²) in [4.78, 5) is 15.9. The lowest BCUT2D eigenvalue weighted by Crippen LogP contribution is -2.22. The number of rotatable bonds is 3. The zero-order chi connectivity index (χ0) is 12.1. The maximum atomic E-state index is 12.0. The topological polar surface area (TPSA) is 79.9 Å². The van der Waals surface area contributed by atoms with E-state index in [9.17, 15) is 4.79 Å². The average molecular weight is 238 g/mol. The second kappa shape index (κ2) is 5.65. The first kappa shape index (κ1) is 11.9. The van der Waals surface area contributed by atoms with Crippen LogP contribution in [0.4, 0.5) is 5.95 Å². The fourth-order valence-corrected chi connectivity index (χ4v) is 2.15. The largest absolute Gasteiger partial charge is 0.466 e. The molecule has 1 amide bonds. The van der Waals surface area contributed by atoms with Gasteiger partial charge in [-0.25, -0.2) is 5.10 Å². The number of ether oxygens (including phenoxy) is 1. The van der Waals surface area contributed by atoms with Crippen molar-refractivity contribution < 1.29 is 9.53 Å². The molecular weight excluding hydrogens is 220 g/mol. The minimum atomic E-state index is 0.0331. The molecule has 0 spiro atoms. The van der Waals surface area contributed by atoms with Crippen LogP contribution in [0.2, 0.25) is 0 Å². The third kappa shape index (κ3) is 3.18. The number of hydrogen-bond acceptors (Lipinski definition) is 4. The Morgan fingerprint density at radius 1 is 1.35 bits per heavy atom. The molecule has 1 aromatic heterocycles. The highest BCUT2D eigenvalue weighted by molar-refractivity contribution is 5.90. The Labute approximate surface area is 100 Å². The van der Waals surface area contributed by atoms with Crippen LogP contribution in [0.15, 0.2) is 0 Å². The van der Waals surface area contributed by atoms with Crippen LogP contribution < -0.4 is 10.1 Å². The van der Waals surface area contributed by atoms with Crippen molar-refractivity contribution in [2.24, 2.45) is 5.92 Å². The van der Waals surface area contributed by atoms with Gasteiger partial charge in [0, 0.05) is 5.92 Å². The molecule has 0 aromatic carbocycles. The highest BCUT2D eigenvalue weighted by Crippen LogP contribution is 2.23. The fraction of sp³-hybridized carbons (Fsp3) is 0.727. The van der Waals surface area contributed by atoms with Gasteiger partial charge < -0.3 is 4.74 Å². The number of nitrogens with zero attached hydrogens (tertiary/aromatic N) is 2. The van der Waals surface area contributed by atoms with Crippen LogP contribution in [-0.4, -0.2) is 28.2 Å². The minimum absolute atomic E-state index is 0.0331. The van der Waals surface area contributed by atoms with E-state index in [4.69, 9.17) is 4.74 Å². The molecule has 0 radical (unpaired) electrons. The molecule has 0 bridgehead atoms. The number of carbonyl (C=O) groups is 1. The Balaban J connectivity index is 1.90. The maximum absolute atomic E-state index is 12.0. The zero-order valence-electron chi connectivity index (χ0n) is 10.0. The standard InChI is InChI=1S/C11H18N4O2/c1-17-11-13-10(14-15-11)12-9(16)8-6-4-2-3-5-7-8/h8H,2-7H2,1H3,(H2,12,13,14,15,16). The normalized spacial score (nSPS) is 17.5. The van der Waals surface area contributed by atoms with E-state index in [0.29, 0.717) is 5.95 Å². The van der Waals surface area contributed by atoms with Crippen LogP contribution in [0.1, 0.15) is 38.5 Å². The van der Waals surface area contributed by atoms with Crippen molar-refractivity contribution in [1.29, 1.82) is 0 Å². The van der Waals surface area contributed by atoms with E-state index in [1.807, 2.05) is 0 Å². The molecule has 6 heteroatoms. The monoisotopic (exact) mass is 238 g/mol. The molecular formula is C11H18N4O2. The van der Waals surface area contributed by atoms with Gasteiger partial charge in [-0.3, -0.25) is 10.1 Å². The van der Waals surface area contributed by atoms with Gasteiger partial charge in [0.25, 0.3) is 0 Å². The Kier molecular flexibility index (Phi) is 3.95. The lowest BCUT2D eigenvalue weighted by atomic mass is 10.00. The van der Waals surface area contributed by atoms with E-state index in [-0.39, 0.29) is 17.8 Å². The van der Waals surface area contributed by atoms with Gasteiger partial charge in [-0.2, -0.15) is 4.98 Å². The number of methoxy groups -OCH3 is 1. The van der Waals surface area contributed by atoms with Crippen molar-refractivity contribution in [2.45, 2.75) is 38.5 Å². The van der Waals surface area contributed by atoms with Crippen molar-refractivity contribution >= 4 is 11.9 Å². The van der Waals surface area contributed by atoms with E-state index >= 15 is 0 Å². The fourth-order valence-electron chi connectivity index (χ4n) is 2.15. The van der Waals surface area contributed by atoms with Gasteiger partial charge in [-0.05, 0) is 12.8 Å². The summed E-state index contributed by atoms with van der Waals surface area (Å²) in [5.74, 6) is 0.496. The Morgan fingerprint density at radius 2 is 2.06 bits per heavy atom. The van der Waals surface area contributed by atoms with Crippen molar-refractivity contribution in [3.8, 4) is 6.01 Å². The first-order valence-corrected chi connectivity index (χ1v) is 6.07. The number of hydrogen-bond donors (Lipinski definition) is 2. The van der Waals surface area contributed by atoms with E-state index in [1.54, 1.807) is 0 Å².